The van der Waals surface area contributed by atoms with Crippen molar-refractivity contribution < 1.29 is 9.47 Å². The number of rotatable bonds is 5. The lowest BCUT2D eigenvalue weighted by Gasteiger charge is -2.32. The standard InChI is InChI=1S/C14H20BrNO2/c1-2-6-16-7-8-17-14(10-16)11-18-13-5-3-4-12(15)9-13/h3-5,9,14H,2,6-8,10-11H2,1H3/t14-/m0/s1. The molecule has 0 aliphatic carbocycles. The van der Waals surface area contributed by atoms with Crippen LogP contribution in [-0.2, 0) is 4.74 Å². The third kappa shape index (κ3) is 4.26. The summed E-state index contributed by atoms with van der Waals surface area (Å²) >= 11 is 3.44. The Labute approximate surface area is 117 Å². The molecule has 0 saturated carbocycles. The Balaban J connectivity index is 1.79. The van der Waals surface area contributed by atoms with Crippen LogP contribution in [0.5, 0.6) is 5.75 Å². The highest BCUT2D eigenvalue weighted by atomic mass is 79.9. The van der Waals surface area contributed by atoms with Gasteiger partial charge in [-0.3, -0.25) is 4.90 Å². The first-order valence-electron chi connectivity index (χ1n) is 6.50. The molecule has 1 atom stereocenters. The molecule has 0 radical (unpaired) electrons. The molecular weight excluding hydrogens is 294 g/mol. The van der Waals surface area contributed by atoms with E-state index in [-0.39, 0.29) is 6.10 Å². The first-order chi connectivity index (χ1) is 8.78. The van der Waals surface area contributed by atoms with E-state index >= 15 is 0 Å². The Hall–Kier alpha value is -0.580. The van der Waals surface area contributed by atoms with Gasteiger partial charge in [0.15, 0.2) is 0 Å². The fourth-order valence-corrected chi connectivity index (χ4v) is 2.52. The monoisotopic (exact) mass is 313 g/mol. The Morgan fingerprint density at radius 2 is 2.39 bits per heavy atom. The fourth-order valence-electron chi connectivity index (χ4n) is 2.15. The van der Waals surface area contributed by atoms with Gasteiger partial charge >= 0.3 is 0 Å². The molecule has 0 N–H and O–H groups in total. The predicted molar refractivity (Wildman–Crippen MR) is 76.1 cm³/mol. The van der Waals surface area contributed by atoms with Crippen LogP contribution in [0.3, 0.4) is 0 Å². The van der Waals surface area contributed by atoms with Gasteiger partial charge < -0.3 is 9.47 Å². The van der Waals surface area contributed by atoms with Crippen molar-refractivity contribution in [1.29, 1.82) is 0 Å². The maximum atomic E-state index is 5.77. The zero-order chi connectivity index (χ0) is 12.8. The quantitative estimate of drug-likeness (QED) is 0.834. The van der Waals surface area contributed by atoms with E-state index in [1.165, 1.54) is 6.42 Å². The van der Waals surface area contributed by atoms with Crippen LogP contribution in [0.4, 0.5) is 0 Å². The van der Waals surface area contributed by atoms with Crippen molar-refractivity contribution in [2.24, 2.45) is 0 Å². The second kappa shape index (κ2) is 7.12. The minimum atomic E-state index is 0.185. The normalized spacial score (nSPS) is 20.9. The van der Waals surface area contributed by atoms with Crippen LogP contribution in [0.25, 0.3) is 0 Å². The summed E-state index contributed by atoms with van der Waals surface area (Å²) in [6.07, 6.45) is 1.38. The number of morpholine rings is 1. The van der Waals surface area contributed by atoms with Crippen molar-refractivity contribution in [3.8, 4) is 5.75 Å². The second-order valence-electron chi connectivity index (χ2n) is 4.56. The Kier molecular flexibility index (Phi) is 5.47. The molecule has 1 aromatic rings. The maximum Gasteiger partial charge on any atom is 0.120 e. The molecule has 1 saturated heterocycles. The second-order valence-corrected chi connectivity index (χ2v) is 5.48. The van der Waals surface area contributed by atoms with Crippen LogP contribution in [0, 0.1) is 0 Å². The van der Waals surface area contributed by atoms with Crippen molar-refractivity contribution in [3.63, 3.8) is 0 Å². The summed E-state index contributed by atoms with van der Waals surface area (Å²) in [4.78, 5) is 2.44. The molecule has 2 rings (SSSR count). The summed E-state index contributed by atoms with van der Waals surface area (Å²) in [6, 6.07) is 7.92. The molecule has 3 nitrogen and oxygen atoms in total. The van der Waals surface area contributed by atoms with Gasteiger partial charge in [-0.05, 0) is 31.2 Å². The Morgan fingerprint density at radius 3 is 3.17 bits per heavy atom. The largest absolute Gasteiger partial charge is 0.491 e. The highest BCUT2D eigenvalue weighted by Crippen LogP contribution is 2.18. The van der Waals surface area contributed by atoms with E-state index in [2.05, 4.69) is 27.8 Å². The Bertz CT molecular complexity index is 371. The van der Waals surface area contributed by atoms with Crippen LogP contribution in [0.15, 0.2) is 28.7 Å². The van der Waals surface area contributed by atoms with Crippen LogP contribution in [0.2, 0.25) is 0 Å². The van der Waals surface area contributed by atoms with E-state index in [1.807, 2.05) is 24.3 Å². The first kappa shape index (κ1) is 13.8. The third-order valence-corrected chi connectivity index (χ3v) is 3.49. The molecule has 1 fully saturated rings. The van der Waals surface area contributed by atoms with Gasteiger partial charge in [-0.2, -0.15) is 0 Å². The molecule has 0 spiro atoms. The van der Waals surface area contributed by atoms with E-state index < -0.39 is 0 Å². The van der Waals surface area contributed by atoms with Crippen molar-refractivity contribution in [3.05, 3.63) is 28.7 Å². The SMILES string of the molecule is CCCN1CCO[C@H](COc2cccc(Br)c2)C1. The summed E-state index contributed by atoms with van der Waals surface area (Å²) in [5, 5.41) is 0. The van der Waals surface area contributed by atoms with Crippen molar-refractivity contribution in [1.82, 2.24) is 4.90 Å². The van der Waals surface area contributed by atoms with E-state index in [4.69, 9.17) is 9.47 Å². The van der Waals surface area contributed by atoms with Crippen LogP contribution >= 0.6 is 15.9 Å². The number of hydrogen-bond donors (Lipinski definition) is 0. The van der Waals surface area contributed by atoms with Gasteiger partial charge in [-0.1, -0.05) is 28.9 Å². The molecule has 0 unspecified atom stereocenters. The topological polar surface area (TPSA) is 21.7 Å². The van der Waals surface area contributed by atoms with Gasteiger partial charge in [0.1, 0.15) is 18.5 Å². The van der Waals surface area contributed by atoms with Gasteiger partial charge in [-0.15, -0.1) is 0 Å². The molecular formula is C14H20BrNO2. The van der Waals surface area contributed by atoms with Crippen LogP contribution in [-0.4, -0.2) is 43.9 Å². The van der Waals surface area contributed by atoms with E-state index in [0.29, 0.717) is 6.61 Å². The highest BCUT2D eigenvalue weighted by molar-refractivity contribution is 9.10. The molecule has 0 amide bonds. The van der Waals surface area contributed by atoms with Gasteiger partial charge in [0.25, 0.3) is 0 Å². The molecule has 4 heteroatoms. The smallest absolute Gasteiger partial charge is 0.120 e. The lowest BCUT2D eigenvalue weighted by molar-refractivity contribution is -0.0477. The van der Waals surface area contributed by atoms with Gasteiger partial charge in [0, 0.05) is 17.6 Å². The third-order valence-electron chi connectivity index (χ3n) is 2.99. The summed E-state index contributed by atoms with van der Waals surface area (Å²) in [6.45, 7) is 6.81. The zero-order valence-corrected chi connectivity index (χ0v) is 12.4. The predicted octanol–water partition coefficient (Wildman–Crippen LogP) is 2.94. The lowest BCUT2D eigenvalue weighted by Crippen LogP contribution is -2.45. The van der Waals surface area contributed by atoms with Gasteiger partial charge in [-0.25, -0.2) is 0 Å². The van der Waals surface area contributed by atoms with E-state index in [0.717, 1.165) is 36.5 Å². The molecule has 1 aliphatic heterocycles. The zero-order valence-electron chi connectivity index (χ0n) is 10.8. The first-order valence-corrected chi connectivity index (χ1v) is 7.29. The lowest BCUT2D eigenvalue weighted by atomic mass is 10.2. The van der Waals surface area contributed by atoms with Crippen LogP contribution in [0.1, 0.15) is 13.3 Å². The maximum absolute atomic E-state index is 5.77. The van der Waals surface area contributed by atoms with Crippen molar-refractivity contribution >= 4 is 15.9 Å². The van der Waals surface area contributed by atoms with Crippen molar-refractivity contribution in [2.75, 3.05) is 32.8 Å². The average molecular weight is 314 g/mol. The summed E-state index contributed by atoms with van der Waals surface area (Å²) in [5.74, 6) is 0.889. The van der Waals surface area contributed by atoms with E-state index in [1.54, 1.807) is 0 Å². The van der Waals surface area contributed by atoms with Crippen LogP contribution < -0.4 is 4.74 Å². The minimum Gasteiger partial charge on any atom is -0.491 e. The Morgan fingerprint density at radius 1 is 1.50 bits per heavy atom. The molecule has 1 aliphatic rings. The molecule has 100 valence electrons. The van der Waals surface area contributed by atoms with Gasteiger partial charge in [0.2, 0.25) is 0 Å². The minimum absolute atomic E-state index is 0.185. The van der Waals surface area contributed by atoms with Gasteiger partial charge in [0.05, 0.1) is 6.61 Å². The number of hydrogen-bond acceptors (Lipinski definition) is 3. The number of halogens is 1. The number of nitrogens with zero attached hydrogens (tertiary/aromatic N) is 1. The molecule has 1 heterocycles. The fraction of sp³-hybridized carbons (Fsp3) is 0.571. The molecule has 0 aromatic heterocycles. The highest BCUT2D eigenvalue weighted by Gasteiger charge is 2.20. The molecule has 1 aromatic carbocycles. The summed E-state index contributed by atoms with van der Waals surface area (Å²) < 4.78 is 12.5. The summed E-state index contributed by atoms with van der Waals surface area (Å²) in [7, 11) is 0. The number of benzene rings is 1. The number of ether oxygens (including phenoxy) is 2. The van der Waals surface area contributed by atoms with Crippen molar-refractivity contribution in [2.45, 2.75) is 19.4 Å². The molecule has 18 heavy (non-hydrogen) atoms. The summed E-state index contributed by atoms with van der Waals surface area (Å²) in [5.41, 5.74) is 0. The average Bonchev–Trinajstić information content (AvgIpc) is 2.37. The van der Waals surface area contributed by atoms with E-state index in [9.17, 15) is 0 Å². The molecule has 0 bridgehead atoms.